The third-order valence-corrected chi connectivity index (χ3v) is 4.01. The van der Waals surface area contributed by atoms with E-state index in [0.717, 1.165) is 25.8 Å². The van der Waals surface area contributed by atoms with Crippen LogP contribution in [0.5, 0.6) is 0 Å². The molecule has 0 fully saturated rings. The van der Waals surface area contributed by atoms with Gasteiger partial charge in [0.25, 0.3) is 0 Å². The molecule has 0 amide bonds. The Kier molecular flexibility index (Phi) is 5.58. The normalized spacial score (nSPS) is 22.2. The first kappa shape index (κ1) is 15.8. The van der Waals surface area contributed by atoms with Gasteiger partial charge in [0, 0.05) is 18.6 Å². The van der Waals surface area contributed by atoms with Crippen LogP contribution in [0.15, 0.2) is 66.8 Å². The second-order valence-electron chi connectivity index (χ2n) is 6.37. The van der Waals surface area contributed by atoms with Crippen LogP contribution in [-0.4, -0.2) is 17.0 Å². The molecule has 1 heterocycles. The van der Waals surface area contributed by atoms with Crippen LogP contribution in [0.4, 0.5) is 0 Å². The summed E-state index contributed by atoms with van der Waals surface area (Å²) in [5, 5.41) is 0. The van der Waals surface area contributed by atoms with Crippen molar-refractivity contribution in [2.75, 3.05) is 0 Å². The highest BCUT2D eigenvalue weighted by Crippen LogP contribution is 2.27. The first-order valence-electron chi connectivity index (χ1n) is 7.81. The van der Waals surface area contributed by atoms with E-state index in [2.05, 4.69) is 74.4 Å². The van der Waals surface area contributed by atoms with Crippen molar-refractivity contribution >= 4 is 0 Å². The van der Waals surface area contributed by atoms with Crippen LogP contribution in [-0.2, 0) is 6.54 Å². The predicted octanol–water partition coefficient (Wildman–Crippen LogP) is 5.12. The molecule has 1 aromatic carbocycles. The first-order valence-corrected chi connectivity index (χ1v) is 7.81. The van der Waals surface area contributed by atoms with Crippen LogP contribution < -0.4 is 0 Å². The van der Waals surface area contributed by atoms with E-state index in [1.54, 1.807) is 0 Å². The van der Waals surface area contributed by atoms with Crippen molar-refractivity contribution in [3.8, 4) is 0 Å². The van der Waals surface area contributed by atoms with E-state index in [1.807, 2.05) is 0 Å². The van der Waals surface area contributed by atoms with Crippen LogP contribution in [0, 0.1) is 0 Å². The van der Waals surface area contributed by atoms with Gasteiger partial charge in [0.05, 0.1) is 0 Å². The zero-order chi connectivity index (χ0) is 15.2. The first-order chi connectivity index (χ1) is 10.1. The van der Waals surface area contributed by atoms with Crippen molar-refractivity contribution in [1.29, 1.82) is 0 Å². The molecule has 1 aromatic rings. The Balaban J connectivity index is 2.19. The highest BCUT2D eigenvalue weighted by atomic mass is 15.2. The largest absolute Gasteiger partial charge is 0.289 e. The lowest BCUT2D eigenvalue weighted by molar-refractivity contribution is 0.138. The van der Waals surface area contributed by atoms with Gasteiger partial charge < -0.3 is 0 Å². The summed E-state index contributed by atoms with van der Waals surface area (Å²) in [7, 11) is 0. The minimum atomic E-state index is 0.459. The Hall–Kier alpha value is -1.60. The summed E-state index contributed by atoms with van der Waals surface area (Å²) in [5.74, 6) is 0. The zero-order valence-electron chi connectivity index (χ0n) is 13.4. The van der Waals surface area contributed by atoms with Gasteiger partial charge in [0.1, 0.15) is 0 Å². The maximum absolute atomic E-state index is 4.11. The van der Waals surface area contributed by atoms with Crippen molar-refractivity contribution in [2.45, 2.75) is 51.7 Å². The third-order valence-electron chi connectivity index (χ3n) is 4.01. The van der Waals surface area contributed by atoms with Crippen LogP contribution in [0.1, 0.15) is 38.7 Å². The van der Waals surface area contributed by atoms with Crippen LogP contribution in [0.25, 0.3) is 0 Å². The SMILES string of the molecule is C=C(C)C[C@H]1CC=C[C@@H](CC(=C)C)N1Cc1ccccc1. The molecule has 0 unspecified atom stereocenters. The predicted molar refractivity (Wildman–Crippen MR) is 92.2 cm³/mol. The van der Waals surface area contributed by atoms with Crippen LogP contribution in [0.2, 0.25) is 0 Å². The lowest BCUT2D eigenvalue weighted by atomic mass is 9.93. The Morgan fingerprint density at radius 1 is 1.10 bits per heavy atom. The van der Waals surface area contributed by atoms with Gasteiger partial charge in [-0.25, -0.2) is 0 Å². The maximum Gasteiger partial charge on any atom is 0.0321 e. The van der Waals surface area contributed by atoms with Gasteiger partial charge >= 0.3 is 0 Å². The summed E-state index contributed by atoms with van der Waals surface area (Å²) in [6.07, 6.45) is 7.92. The molecule has 1 heteroatoms. The number of nitrogens with zero attached hydrogens (tertiary/aromatic N) is 1. The van der Waals surface area contributed by atoms with E-state index in [4.69, 9.17) is 0 Å². The second kappa shape index (κ2) is 7.42. The van der Waals surface area contributed by atoms with Gasteiger partial charge in [-0.2, -0.15) is 0 Å². The Labute approximate surface area is 129 Å². The Bertz CT molecular complexity index is 512. The summed E-state index contributed by atoms with van der Waals surface area (Å²) in [6, 6.07) is 11.8. The van der Waals surface area contributed by atoms with Crippen molar-refractivity contribution in [3.05, 3.63) is 72.4 Å². The minimum absolute atomic E-state index is 0.459. The van der Waals surface area contributed by atoms with Gasteiger partial charge in [-0.15, -0.1) is 13.2 Å². The molecular formula is C20H27N. The molecule has 0 spiro atoms. The quantitative estimate of drug-likeness (QED) is 0.654. The lowest BCUT2D eigenvalue weighted by Gasteiger charge is -2.40. The summed E-state index contributed by atoms with van der Waals surface area (Å²) in [5.41, 5.74) is 3.90. The summed E-state index contributed by atoms with van der Waals surface area (Å²) < 4.78 is 0. The Morgan fingerprint density at radius 2 is 1.76 bits per heavy atom. The highest BCUT2D eigenvalue weighted by Gasteiger charge is 2.27. The molecule has 0 saturated carbocycles. The van der Waals surface area contributed by atoms with E-state index < -0.39 is 0 Å². The molecule has 2 atom stereocenters. The number of benzene rings is 1. The minimum Gasteiger partial charge on any atom is -0.289 e. The van der Waals surface area contributed by atoms with Crippen LogP contribution >= 0.6 is 0 Å². The summed E-state index contributed by atoms with van der Waals surface area (Å²) in [4.78, 5) is 2.62. The van der Waals surface area contributed by atoms with Crippen molar-refractivity contribution in [2.24, 2.45) is 0 Å². The summed E-state index contributed by atoms with van der Waals surface area (Å²) >= 11 is 0. The molecule has 0 bridgehead atoms. The standard InChI is InChI=1S/C20H27N/c1-16(2)13-19-11-8-12-20(14-17(3)4)21(19)15-18-9-6-5-7-10-18/h5-11,19-20H,1,3,12-15H2,2,4H3/t19-,20+/m0/s1. The molecule has 21 heavy (non-hydrogen) atoms. The average molecular weight is 281 g/mol. The number of rotatable bonds is 6. The van der Waals surface area contributed by atoms with Crippen molar-refractivity contribution in [1.82, 2.24) is 4.90 Å². The second-order valence-corrected chi connectivity index (χ2v) is 6.37. The number of hydrogen-bond acceptors (Lipinski definition) is 1. The third kappa shape index (κ3) is 4.71. The smallest absolute Gasteiger partial charge is 0.0321 e. The molecular weight excluding hydrogens is 254 g/mol. The lowest BCUT2D eigenvalue weighted by Crippen LogP contribution is -2.44. The van der Waals surface area contributed by atoms with Crippen molar-refractivity contribution in [3.63, 3.8) is 0 Å². The van der Waals surface area contributed by atoms with Gasteiger partial charge in [0.2, 0.25) is 0 Å². The fraction of sp³-hybridized carbons (Fsp3) is 0.400. The topological polar surface area (TPSA) is 3.24 Å². The molecule has 0 aromatic heterocycles. The monoisotopic (exact) mass is 281 g/mol. The van der Waals surface area contributed by atoms with E-state index in [0.29, 0.717) is 12.1 Å². The molecule has 0 saturated heterocycles. The van der Waals surface area contributed by atoms with E-state index >= 15 is 0 Å². The van der Waals surface area contributed by atoms with Gasteiger partial charge in [-0.05, 0) is 38.7 Å². The fourth-order valence-corrected chi connectivity index (χ4v) is 3.10. The molecule has 1 aliphatic heterocycles. The number of hydrogen-bond donors (Lipinski definition) is 0. The molecule has 0 radical (unpaired) electrons. The van der Waals surface area contributed by atoms with E-state index in [1.165, 1.54) is 16.7 Å². The molecule has 1 nitrogen and oxygen atoms in total. The zero-order valence-corrected chi connectivity index (χ0v) is 13.4. The molecule has 0 aliphatic carbocycles. The molecule has 112 valence electrons. The molecule has 0 N–H and O–H groups in total. The van der Waals surface area contributed by atoms with Crippen LogP contribution in [0.3, 0.4) is 0 Å². The van der Waals surface area contributed by atoms with Gasteiger partial charge in [0.15, 0.2) is 0 Å². The van der Waals surface area contributed by atoms with Gasteiger partial charge in [-0.1, -0.05) is 53.6 Å². The molecule has 1 aliphatic rings. The average Bonchev–Trinajstić information content (AvgIpc) is 2.42. The maximum atomic E-state index is 4.11. The summed E-state index contributed by atoms with van der Waals surface area (Å²) in [6.45, 7) is 13.5. The van der Waals surface area contributed by atoms with E-state index in [-0.39, 0.29) is 0 Å². The van der Waals surface area contributed by atoms with Crippen molar-refractivity contribution < 1.29 is 0 Å². The molecule has 2 rings (SSSR count). The fourth-order valence-electron chi connectivity index (χ4n) is 3.10. The Morgan fingerprint density at radius 3 is 2.38 bits per heavy atom. The van der Waals surface area contributed by atoms with Gasteiger partial charge in [-0.3, -0.25) is 4.90 Å². The highest BCUT2D eigenvalue weighted by molar-refractivity contribution is 5.17. The van der Waals surface area contributed by atoms with E-state index in [9.17, 15) is 0 Å².